The molecule has 0 radical (unpaired) electrons. The molecule has 0 aliphatic rings. The Morgan fingerprint density at radius 2 is 1.63 bits per heavy atom. The minimum atomic E-state index is -1.88. The van der Waals surface area contributed by atoms with Gasteiger partial charge in [-0.3, -0.25) is 9.59 Å². The summed E-state index contributed by atoms with van der Waals surface area (Å²) in [6.07, 6.45) is -0.141. The van der Waals surface area contributed by atoms with Gasteiger partial charge in [-0.05, 0) is 31.0 Å². The topological polar surface area (TPSA) is 93.1 Å². The van der Waals surface area contributed by atoms with Gasteiger partial charge >= 0.3 is 11.9 Å². The molecule has 2 N–H and O–H groups in total. The molecule has 0 aromatic heterocycles. The molecule has 0 saturated carbocycles. The van der Waals surface area contributed by atoms with Gasteiger partial charge in [0.05, 0.1) is 14.2 Å². The number of hydrogen-bond acceptors (Lipinski definition) is 4. The predicted octanol–water partition coefficient (Wildman–Crippen LogP) is 1.42. The number of carboxylic acid groups (broad SMARTS) is 2. The molecule has 6 heteroatoms. The quantitative estimate of drug-likeness (QED) is 0.758. The number of carboxylic acids is 2. The van der Waals surface area contributed by atoms with Crippen LogP contribution in [0.5, 0.6) is 11.5 Å². The Hall–Kier alpha value is -2.24. The monoisotopic (exact) mass is 268 g/mol. The van der Waals surface area contributed by atoms with Crippen LogP contribution in [-0.2, 0) is 16.0 Å². The third-order valence-corrected chi connectivity index (χ3v) is 2.95. The second kappa shape index (κ2) is 5.60. The van der Waals surface area contributed by atoms with E-state index < -0.39 is 17.4 Å². The average molecular weight is 268 g/mol. The van der Waals surface area contributed by atoms with E-state index in [1.807, 2.05) is 0 Å². The van der Waals surface area contributed by atoms with E-state index in [-0.39, 0.29) is 6.42 Å². The highest BCUT2D eigenvalue weighted by molar-refractivity contribution is 5.98. The number of carbonyl (C=O) groups is 2. The van der Waals surface area contributed by atoms with E-state index in [2.05, 4.69) is 0 Å². The van der Waals surface area contributed by atoms with Crippen LogP contribution >= 0.6 is 0 Å². The number of benzene rings is 1. The molecule has 0 saturated heterocycles. The fourth-order valence-electron chi connectivity index (χ4n) is 1.64. The first kappa shape index (κ1) is 14.8. The number of hydrogen-bond donors (Lipinski definition) is 2. The normalized spacial score (nSPS) is 10.9. The van der Waals surface area contributed by atoms with Crippen LogP contribution in [0.4, 0.5) is 0 Å². The molecule has 0 amide bonds. The maximum absolute atomic E-state index is 11.1. The molecule has 0 unspecified atom stereocenters. The summed E-state index contributed by atoms with van der Waals surface area (Å²) in [5.41, 5.74) is -1.33. The van der Waals surface area contributed by atoms with E-state index in [9.17, 15) is 9.59 Å². The lowest BCUT2D eigenvalue weighted by molar-refractivity contribution is -0.163. The van der Waals surface area contributed by atoms with E-state index in [1.165, 1.54) is 21.1 Å². The fourth-order valence-corrected chi connectivity index (χ4v) is 1.64. The maximum atomic E-state index is 11.1. The summed E-state index contributed by atoms with van der Waals surface area (Å²) in [6.45, 7) is 1.17. The second-order valence-corrected chi connectivity index (χ2v) is 4.31. The number of rotatable bonds is 6. The summed E-state index contributed by atoms with van der Waals surface area (Å²) in [5, 5.41) is 18.1. The average Bonchev–Trinajstić information content (AvgIpc) is 2.37. The first-order valence-electron chi connectivity index (χ1n) is 5.53. The van der Waals surface area contributed by atoms with E-state index in [0.29, 0.717) is 17.1 Å². The van der Waals surface area contributed by atoms with Crippen molar-refractivity contribution in [1.29, 1.82) is 0 Å². The van der Waals surface area contributed by atoms with Crippen molar-refractivity contribution < 1.29 is 29.3 Å². The molecule has 0 heterocycles. The molecule has 1 aromatic rings. The zero-order valence-corrected chi connectivity index (χ0v) is 11.0. The second-order valence-electron chi connectivity index (χ2n) is 4.31. The van der Waals surface area contributed by atoms with Crippen LogP contribution in [-0.4, -0.2) is 36.4 Å². The molecule has 0 spiro atoms. The lowest BCUT2D eigenvalue weighted by Crippen LogP contribution is -2.38. The van der Waals surface area contributed by atoms with Gasteiger partial charge in [-0.2, -0.15) is 0 Å². The van der Waals surface area contributed by atoms with Crippen LogP contribution in [0.3, 0.4) is 0 Å². The molecule has 1 aromatic carbocycles. The third kappa shape index (κ3) is 2.96. The van der Waals surface area contributed by atoms with Crippen molar-refractivity contribution in [2.24, 2.45) is 5.41 Å². The van der Waals surface area contributed by atoms with Gasteiger partial charge < -0.3 is 19.7 Å². The van der Waals surface area contributed by atoms with Gasteiger partial charge in [-0.15, -0.1) is 0 Å². The molecular weight excluding hydrogens is 252 g/mol. The molecule has 0 atom stereocenters. The van der Waals surface area contributed by atoms with Crippen molar-refractivity contribution in [2.45, 2.75) is 13.3 Å². The summed E-state index contributed by atoms with van der Waals surface area (Å²) in [7, 11) is 2.94. The van der Waals surface area contributed by atoms with Gasteiger partial charge in [0.1, 0.15) is 0 Å². The van der Waals surface area contributed by atoms with Crippen LogP contribution in [0, 0.1) is 5.41 Å². The fraction of sp³-hybridized carbons (Fsp3) is 0.385. The highest BCUT2D eigenvalue weighted by atomic mass is 16.5. The number of ether oxygens (including phenoxy) is 2. The molecule has 0 fully saturated rings. The van der Waals surface area contributed by atoms with Gasteiger partial charge in [0, 0.05) is 0 Å². The Morgan fingerprint density at radius 3 is 2.05 bits per heavy atom. The Kier molecular flexibility index (Phi) is 4.37. The van der Waals surface area contributed by atoms with E-state index in [0.717, 1.165) is 0 Å². The smallest absolute Gasteiger partial charge is 0.321 e. The summed E-state index contributed by atoms with van der Waals surface area (Å²) in [6, 6.07) is 4.80. The largest absolute Gasteiger partial charge is 0.493 e. The zero-order chi connectivity index (χ0) is 14.6. The molecule has 1 rings (SSSR count). The van der Waals surface area contributed by atoms with Crippen molar-refractivity contribution in [3.05, 3.63) is 23.8 Å². The molecule has 0 aliphatic heterocycles. The third-order valence-electron chi connectivity index (χ3n) is 2.95. The molecular formula is C13H16O6. The SMILES string of the molecule is COc1ccc(CC(C)(C(=O)O)C(=O)O)cc1OC. The van der Waals surface area contributed by atoms with Crippen LogP contribution in [0.25, 0.3) is 0 Å². The Bertz CT molecular complexity index is 480. The molecule has 6 nitrogen and oxygen atoms in total. The van der Waals surface area contributed by atoms with E-state index in [1.54, 1.807) is 18.2 Å². The van der Waals surface area contributed by atoms with Crippen molar-refractivity contribution in [3.63, 3.8) is 0 Å². The molecule has 104 valence electrons. The van der Waals surface area contributed by atoms with Crippen LogP contribution in [0.15, 0.2) is 18.2 Å². The minimum absolute atomic E-state index is 0.141. The van der Waals surface area contributed by atoms with Crippen LogP contribution < -0.4 is 9.47 Å². The summed E-state index contributed by atoms with van der Waals surface area (Å²) < 4.78 is 10.2. The lowest BCUT2D eigenvalue weighted by atomic mass is 9.83. The van der Waals surface area contributed by atoms with E-state index >= 15 is 0 Å². The highest BCUT2D eigenvalue weighted by Crippen LogP contribution is 2.31. The molecule has 19 heavy (non-hydrogen) atoms. The van der Waals surface area contributed by atoms with Crippen LogP contribution in [0.1, 0.15) is 12.5 Å². The maximum Gasteiger partial charge on any atom is 0.321 e. The van der Waals surface area contributed by atoms with Crippen molar-refractivity contribution in [3.8, 4) is 11.5 Å². The summed E-state index contributed by atoms with van der Waals surface area (Å²) in [5.74, 6) is -1.83. The lowest BCUT2D eigenvalue weighted by Gasteiger charge is -2.20. The minimum Gasteiger partial charge on any atom is -0.493 e. The zero-order valence-electron chi connectivity index (χ0n) is 11.0. The first-order chi connectivity index (χ1) is 8.85. The van der Waals surface area contributed by atoms with E-state index in [4.69, 9.17) is 19.7 Å². The van der Waals surface area contributed by atoms with Gasteiger partial charge in [0.2, 0.25) is 0 Å². The number of aliphatic carboxylic acids is 2. The Morgan fingerprint density at radius 1 is 1.11 bits per heavy atom. The van der Waals surface area contributed by atoms with Crippen LogP contribution in [0.2, 0.25) is 0 Å². The predicted molar refractivity (Wildman–Crippen MR) is 66.6 cm³/mol. The van der Waals surface area contributed by atoms with Gasteiger partial charge in [0.25, 0.3) is 0 Å². The van der Waals surface area contributed by atoms with Crippen molar-refractivity contribution in [2.75, 3.05) is 14.2 Å². The standard InChI is InChI=1S/C13H16O6/c1-13(11(14)15,12(16)17)7-8-4-5-9(18-2)10(6-8)19-3/h4-6H,7H2,1-3H3,(H,14,15)(H,16,17). The Labute approximate surface area is 110 Å². The number of methoxy groups -OCH3 is 2. The highest BCUT2D eigenvalue weighted by Gasteiger charge is 2.41. The van der Waals surface area contributed by atoms with Gasteiger partial charge in [0.15, 0.2) is 16.9 Å². The summed E-state index contributed by atoms with van der Waals surface area (Å²) >= 11 is 0. The Balaban J connectivity index is 3.11. The van der Waals surface area contributed by atoms with Crippen molar-refractivity contribution >= 4 is 11.9 Å². The van der Waals surface area contributed by atoms with Gasteiger partial charge in [-0.1, -0.05) is 6.07 Å². The van der Waals surface area contributed by atoms with Crippen molar-refractivity contribution in [1.82, 2.24) is 0 Å². The van der Waals surface area contributed by atoms with Gasteiger partial charge in [-0.25, -0.2) is 0 Å². The molecule has 0 bridgehead atoms. The molecule has 0 aliphatic carbocycles. The first-order valence-corrected chi connectivity index (χ1v) is 5.53. The summed E-state index contributed by atoms with van der Waals surface area (Å²) in [4.78, 5) is 22.2.